The Morgan fingerprint density at radius 1 is 1.20 bits per heavy atom. The molecule has 1 saturated heterocycles. The molecule has 158 valence electrons. The Morgan fingerprint density at radius 2 is 2.03 bits per heavy atom. The molecule has 4 rings (SSSR count). The zero-order chi connectivity index (χ0) is 21.3. The van der Waals surface area contributed by atoms with Gasteiger partial charge in [-0.3, -0.25) is 15.0 Å². The van der Waals surface area contributed by atoms with Crippen LogP contribution in [0.1, 0.15) is 23.3 Å². The van der Waals surface area contributed by atoms with Crippen molar-refractivity contribution in [1.82, 2.24) is 15.3 Å². The summed E-state index contributed by atoms with van der Waals surface area (Å²) in [5.74, 6) is -0.341. The van der Waals surface area contributed by atoms with E-state index in [9.17, 15) is 22.8 Å². The molecular formula is C19H19F3N6O2. The smallest absolute Gasteiger partial charge is 0.366 e. The molecule has 0 spiro atoms. The van der Waals surface area contributed by atoms with E-state index in [1.54, 1.807) is 30.5 Å². The molecule has 2 aliphatic heterocycles. The van der Waals surface area contributed by atoms with Gasteiger partial charge in [0.25, 0.3) is 5.91 Å². The first-order valence-electron chi connectivity index (χ1n) is 9.44. The second-order valence-corrected chi connectivity index (χ2v) is 7.09. The fraction of sp³-hybridized carbons (Fsp3) is 0.368. The van der Waals surface area contributed by atoms with Gasteiger partial charge >= 0.3 is 12.2 Å². The average molecular weight is 420 g/mol. The molecule has 11 heteroatoms. The number of nitrogens with one attached hydrogen (secondary N) is 2. The first-order valence-corrected chi connectivity index (χ1v) is 9.44. The summed E-state index contributed by atoms with van der Waals surface area (Å²) in [5.41, 5.74) is 0.476. The van der Waals surface area contributed by atoms with E-state index in [2.05, 4.69) is 20.2 Å². The highest BCUT2D eigenvalue weighted by Crippen LogP contribution is 2.38. The van der Waals surface area contributed by atoms with E-state index in [0.29, 0.717) is 18.1 Å². The number of carbonyl (C=O) groups is 2. The molecule has 3 amide bonds. The van der Waals surface area contributed by atoms with Crippen LogP contribution in [0, 0.1) is 0 Å². The summed E-state index contributed by atoms with van der Waals surface area (Å²) in [4.78, 5) is 37.1. The monoisotopic (exact) mass is 420 g/mol. The minimum absolute atomic E-state index is 0.170. The van der Waals surface area contributed by atoms with Gasteiger partial charge in [-0.2, -0.15) is 13.2 Å². The predicted octanol–water partition coefficient (Wildman–Crippen LogP) is 2.79. The van der Waals surface area contributed by atoms with E-state index >= 15 is 0 Å². The Hall–Kier alpha value is -3.37. The lowest BCUT2D eigenvalue weighted by Gasteiger charge is -2.45. The molecule has 1 fully saturated rings. The largest absolute Gasteiger partial charge is 0.405 e. The summed E-state index contributed by atoms with van der Waals surface area (Å²) in [6.07, 6.45) is -1.35. The Bertz CT molecular complexity index is 953. The van der Waals surface area contributed by atoms with Crippen molar-refractivity contribution in [1.29, 1.82) is 0 Å². The number of anilines is 3. The zero-order valence-electron chi connectivity index (χ0n) is 15.8. The Labute approximate surface area is 170 Å². The first kappa shape index (κ1) is 19.9. The number of rotatable bonds is 3. The Balaban J connectivity index is 1.64. The van der Waals surface area contributed by atoms with Crippen molar-refractivity contribution in [2.24, 2.45) is 0 Å². The van der Waals surface area contributed by atoms with Crippen LogP contribution < -0.4 is 20.4 Å². The summed E-state index contributed by atoms with van der Waals surface area (Å²) in [7, 11) is 0. The SMILES string of the molecule is O=C(NCC(F)(F)F)c1ccc2c(n1)N(C(=O)Nc1ccccn1)[C@H]1CCCN2C1. The van der Waals surface area contributed by atoms with Crippen molar-refractivity contribution in [3.05, 3.63) is 42.2 Å². The van der Waals surface area contributed by atoms with Gasteiger partial charge in [-0.05, 0) is 37.1 Å². The van der Waals surface area contributed by atoms with E-state index < -0.39 is 24.7 Å². The van der Waals surface area contributed by atoms with Crippen molar-refractivity contribution in [2.45, 2.75) is 25.1 Å². The number of amides is 3. The minimum Gasteiger partial charge on any atom is -0.366 e. The second-order valence-electron chi connectivity index (χ2n) is 7.09. The van der Waals surface area contributed by atoms with Gasteiger partial charge in [-0.25, -0.2) is 14.8 Å². The second kappa shape index (κ2) is 7.81. The average Bonchev–Trinajstić information content (AvgIpc) is 2.72. The number of urea groups is 1. The molecule has 30 heavy (non-hydrogen) atoms. The van der Waals surface area contributed by atoms with Crippen LogP contribution in [0.5, 0.6) is 0 Å². The number of aromatic nitrogens is 2. The molecule has 0 radical (unpaired) electrons. The molecule has 0 aromatic carbocycles. The van der Waals surface area contributed by atoms with Gasteiger partial charge in [-0.1, -0.05) is 6.07 Å². The van der Waals surface area contributed by atoms with Crippen LogP contribution in [0.4, 0.5) is 35.3 Å². The van der Waals surface area contributed by atoms with E-state index in [-0.39, 0.29) is 17.6 Å². The fourth-order valence-corrected chi connectivity index (χ4v) is 3.69. The normalized spacial score (nSPS) is 17.9. The summed E-state index contributed by atoms with van der Waals surface area (Å²) >= 11 is 0. The van der Waals surface area contributed by atoms with Crippen LogP contribution in [0.3, 0.4) is 0 Å². The maximum atomic E-state index is 13.0. The summed E-state index contributed by atoms with van der Waals surface area (Å²) in [5, 5.41) is 4.53. The Morgan fingerprint density at radius 3 is 2.77 bits per heavy atom. The third-order valence-corrected chi connectivity index (χ3v) is 4.99. The number of fused-ring (bicyclic) bond motifs is 4. The van der Waals surface area contributed by atoms with Gasteiger partial charge in [-0.15, -0.1) is 0 Å². The number of halogens is 3. The van der Waals surface area contributed by atoms with E-state index in [1.165, 1.54) is 11.0 Å². The lowest BCUT2D eigenvalue weighted by Crippen LogP contribution is -2.56. The molecule has 8 nitrogen and oxygen atoms in total. The van der Waals surface area contributed by atoms with Crippen molar-refractivity contribution in [3.8, 4) is 0 Å². The van der Waals surface area contributed by atoms with E-state index in [1.807, 2.05) is 5.32 Å². The molecule has 1 atom stereocenters. The molecule has 2 aromatic heterocycles. The summed E-state index contributed by atoms with van der Waals surface area (Å²) < 4.78 is 37.3. The van der Waals surface area contributed by atoms with Crippen LogP contribution in [-0.4, -0.2) is 53.8 Å². The quantitative estimate of drug-likeness (QED) is 0.797. The highest BCUT2D eigenvalue weighted by molar-refractivity contribution is 6.04. The van der Waals surface area contributed by atoms with Crippen LogP contribution in [-0.2, 0) is 0 Å². The van der Waals surface area contributed by atoms with Crippen molar-refractivity contribution in [3.63, 3.8) is 0 Å². The molecule has 0 saturated carbocycles. The maximum absolute atomic E-state index is 13.0. The number of carbonyl (C=O) groups excluding carboxylic acids is 2. The predicted molar refractivity (Wildman–Crippen MR) is 104 cm³/mol. The summed E-state index contributed by atoms with van der Waals surface area (Å²) in [6.45, 7) is -0.0618. The van der Waals surface area contributed by atoms with Gasteiger partial charge in [0.2, 0.25) is 0 Å². The highest BCUT2D eigenvalue weighted by Gasteiger charge is 2.39. The maximum Gasteiger partial charge on any atom is 0.405 e. The Kier molecular flexibility index (Phi) is 5.18. The summed E-state index contributed by atoms with van der Waals surface area (Å²) in [6, 6.07) is 7.46. The van der Waals surface area contributed by atoms with Gasteiger partial charge in [0.1, 0.15) is 18.1 Å². The van der Waals surface area contributed by atoms with E-state index in [4.69, 9.17) is 0 Å². The number of alkyl halides is 3. The van der Waals surface area contributed by atoms with Gasteiger partial charge in [0.05, 0.1) is 11.7 Å². The molecule has 4 heterocycles. The number of hydrogen-bond donors (Lipinski definition) is 2. The lowest BCUT2D eigenvalue weighted by molar-refractivity contribution is -0.123. The topological polar surface area (TPSA) is 90.5 Å². The molecule has 2 aliphatic rings. The van der Waals surface area contributed by atoms with Crippen molar-refractivity contribution in [2.75, 3.05) is 34.8 Å². The minimum atomic E-state index is -4.53. The van der Waals surface area contributed by atoms with Crippen LogP contribution >= 0.6 is 0 Å². The number of nitrogens with zero attached hydrogens (tertiary/aromatic N) is 4. The lowest BCUT2D eigenvalue weighted by atomic mass is 10.00. The van der Waals surface area contributed by atoms with Crippen LogP contribution in [0.25, 0.3) is 0 Å². The van der Waals surface area contributed by atoms with Crippen molar-refractivity contribution < 1.29 is 22.8 Å². The molecule has 2 N–H and O–H groups in total. The third kappa shape index (κ3) is 4.14. The number of piperidine rings is 1. The van der Waals surface area contributed by atoms with Crippen LogP contribution in [0.2, 0.25) is 0 Å². The number of pyridine rings is 2. The standard InChI is InChI=1S/C19H19F3N6O2/c20-19(21,22)11-24-17(29)13-6-7-14-16(25-13)28(12-4-3-9-27(14)10-12)18(30)26-15-5-1-2-8-23-15/h1-2,5-8,12H,3-4,9-11H2,(H,24,29)(H,23,26,30)/t12-/m0/s1. The molecule has 2 bridgehead atoms. The molecule has 2 aromatic rings. The molecule has 0 aliphatic carbocycles. The molecule has 0 unspecified atom stereocenters. The van der Waals surface area contributed by atoms with Gasteiger partial charge in [0.15, 0.2) is 5.82 Å². The van der Waals surface area contributed by atoms with Crippen LogP contribution in [0.15, 0.2) is 36.5 Å². The fourth-order valence-electron chi connectivity index (χ4n) is 3.69. The van der Waals surface area contributed by atoms with Gasteiger partial charge < -0.3 is 10.2 Å². The van der Waals surface area contributed by atoms with E-state index in [0.717, 1.165) is 19.4 Å². The molecular weight excluding hydrogens is 401 g/mol. The third-order valence-electron chi connectivity index (χ3n) is 4.99. The first-order chi connectivity index (χ1) is 14.3. The zero-order valence-corrected chi connectivity index (χ0v) is 15.8. The highest BCUT2D eigenvalue weighted by atomic mass is 19.4. The van der Waals surface area contributed by atoms with Crippen molar-refractivity contribution >= 4 is 29.3 Å². The number of hydrogen-bond acceptors (Lipinski definition) is 5. The van der Waals surface area contributed by atoms with Gasteiger partial charge in [0, 0.05) is 19.3 Å².